The predicted octanol–water partition coefficient (Wildman–Crippen LogP) is 3.87. The standard InChI is InChI=1S/C25H28FN3O/c26-20-7-5-19(6-8-20)24-21-4-2-1-3-17(21)11-14-29(24)25-27-15-23(30-25)22-16-28-12-9-18(22)10-13-28/h1-8,18,22-24H,9-16H2/t22?,23-,24+/m1/s1. The molecule has 4 nitrogen and oxygen atoms in total. The second kappa shape index (κ2) is 7.38. The van der Waals surface area contributed by atoms with E-state index in [1.807, 2.05) is 12.1 Å². The fourth-order valence-corrected chi connectivity index (χ4v) is 5.97. The van der Waals surface area contributed by atoms with E-state index >= 15 is 0 Å². The van der Waals surface area contributed by atoms with Crippen molar-refractivity contribution in [3.05, 3.63) is 71.0 Å². The molecule has 2 aromatic rings. The van der Waals surface area contributed by atoms with Gasteiger partial charge in [-0.2, -0.15) is 0 Å². The molecular weight excluding hydrogens is 377 g/mol. The Kier molecular flexibility index (Phi) is 4.52. The third-order valence-electron chi connectivity index (χ3n) is 7.56. The maximum Gasteiger partial charge on any atom is 0.288 e. The van der Waals surface area contributed by atoms with Gasteiger partial charge in [0, 0.05) is 19.0 Å². The topological polar surface area (TPSA) is 28.1 Å². The Balaban J connectivity index is 1.28. The van der Waals surface area contributed by atoms with Gasteiger partial charge in [-0.25, -0.2) is 9.38 Å². The van der Waals surface area contributed by atoms with E-state index in [-0.39, 0.29) is 18.0 Å². The van der Waals surface area contributed by atoms with Crippen LogP contribution in [0.5, 0.6) is 0 Å². The quantitative estimate of drug-likeness (QED) is 0.759. The number of aliphatic imine (C=N–C) groups is 1. The SMILES string of the molecule is Fc1ccc([C@H]2c3ccccc3CCN2C2=NC[C@H](C3CN4CCC3CC4)O2)cc1. The van der Waals surface area contributed by atoms with Crippen LogP contribution in [0.4, 0.5) is 4.39 Å². The van der Waals surface area contributed by atoms with Crippen molar-refractivity contribution in [3.8, 4) is 0 Å². The minimum Gasteiger partial charge on any atom is -0.459 e. The Morgan fingerprint density at radius 1 is 0.967 bits per heavy atom. The molecule has 0 aliphatic carbocycles. The van der Waals surface area contributed by atoms with Crippen LogP contribution in [0.2, 0.25) is 0 Å². The normalized spacial score (nSPS) is 32.5. The molecule has 0 aromatic heterocycles. The molecule has 0 saturated carbocycles. The maximum absolute atomic E-state index is 13.6. The first-order valence-corrected chi connectivity index (χ1v) is 11.3. The molecule has 5 aliphatic heterocycles. The summed E-state index contributed by atoms with van der Waals surface area (Å²) in [4.78, 5) is 9.78. The van der Waals surface area contributed by atoms with Gasteiger partial charge in [0.05, 0.1) is 12.6 Å². The number of ether oxygens (including phenoxy) is 1. The second-order valence-corrected chi connectivity index (χ2v) is 9.18. The van der Waals surface area contributed by atoms with Crippen molar-refractivity contribution < 1.29 is 9.13 Å². The van der Waals surface area contributed by atoms with Crippen molar-refractivity contribution in [1.29, 1.82) is 0 Å². The average molecular weight is 406 g/mol. The number of nitrogens with zero attached hydrogens (tertiary/aromatic N) is 3. The van der Waals surface area contributed by atoms with Gasteiger partial charge in [0.2, 0.25) is 0 Å². The minimum absolute atomic E-state index is 0.0135. The smallest absolute Gasteiger partial charge is 0.288 e. The van der Waals surface area contributed by atoms with E-state index in [1.54, 1.807) is 12.1 Å². The summed E-state index contributed by atoms with van der Waals surface area (Å²) >= 11 is 0. The number of hydrogen-bond donors (Lipinski definition) is 0. The number of hydrogen-bond acceptors (Lipinski definition) is 4. The van der Waals surface area contributed by atoms with Gasteiger partial charge < -0.3 is 14.5 Å². The highest BCUT2D eigenvalue weighted by Crippen LogP contribution is 2.39. The predicted molar refractivity (Wildman–Crippen MR) is 115 cm³/mol. The summed E-state index contributed by atoms with van der Waals surface area (Å²) in [5.74, 6) is 1.17. The molecule has 1 unspecified atom stereocenters. The summed E-state index contributed by atoms with van der Waals surface area (Å²) in [6.45, 7) is 5.28. The molecule has 0 radical (unpaired) electrons. The molecule has 5 heterocycles. The Bertz CT molecular complexity index is 951. The van der Waals surface area contributed by atoms with E-state index in [4.69, 9.17) is 9.73 Å². The lowest BCUT2D eigenvalue weighted by Gasteiger charge is -2.46. The Morgan fingerprint density at radius 3 is 2.53 bits per heavy atom. The number of halogens is 1. The van der Waals surface area contributed by atoms with E-state index in [1.165, 1.54) is 37.1 Å². The minimum atomic E-state index is -0.203. The van der Waals surface area contributed by atoms with Crippen molar-refractivity contribution in [2.24, 2.45) is 16.8 Å². The van der Waals surface area contributed by atoms with Crippen LogP contribution < -0.4 is 0 Å². The second-order valence-electron chi connectivity index (χ2n) is 9.18. The lowest BCUT2D eigenvalue weighted by molar-refractivity contribution is -0.0137. The zero-order chi connectivity index (χ0) is 20.1. The molecule has 3 fully saturated rings. The molecular formula is C25H28FN3O. The molecule has 156 valence electrons. The van der Waals surface area contributed by atoms with Crippen molar-refractivity contribution in [2.75, 3.05) is 32.7 Å². The van der Waals surface area contributed by atoms with Gasteiger partial charge in [0.25, 0.3) is 6.02 Å². The van der Waals surface area contributed by atoms with Gasteiger partial charge in [0.15, 0.2) is 0 Å². The van der Waals surface area contributed by atoms with Crippen LogP contribution in [0.3, 0.4) is 0 Å². The van der Waals surface area contributed by atoms with E-state index in [2.05, 4.69) is 34.1 Å². The number of fused-ring (bicyclic) bond motifs is 4. The van der Waals surface area contributed by atoms with Crippen molar-refractivity contribution in [3.63, 3.8) is 0 Å². The van der Waals surface area contributed by atoms with E-state index in [0.717, 1.165) is 43.6 Å². The van der Waals surface area contributed by atoms with Crippen LogP contribution in [-0.4, -0.2) is 54.6 Å². The van der Waals surface area contributed by atoms with E-state index in [9.17, 15) is 4.39 Å². The highest BCUT2D eigenvalue weighted by Gasteiger charge is 2.43. The monoisotopic (exact) mass is 405 g/mol. The van der Waals surface area contributed by atoms with E-state index in [0.29, 0.717) is 5.92 Å². The van der Waals surface area contributed by atoms with Gasteiger partial charge in [-0.1, -0.05) is 36.4 Å². The summed E-state index contributed by atoms with van der Waals surface area (Å²) in [5, 5.41) is 0. The summed E-state index contributed by atoms with van der Waals surface area (Å²) in [5.41, 5.74) is 3.71. The number of rotatable bonds is 2. The molecule has 7 rings (SSSR count). The van der Waals surface area contributed by atoms with Crippen molar-refractivity contribution in [1.82, 2.24) is 9.80 Å². The number of amidine groups is 1. The molecule has 5 aliphatic rings. The van der Waals surface area contributed by atoms with Gasteiger partial charge in [-0.15, -0.1) is 0 Å². The first kappa shape index (κ1) is 18.4. The summed E-state index contributed by atoms with van der Waals surface area (Å²) < 4.78 is 20.2. The van der Waals surface area contributed by atoms with Crippen LogP contribution in [0.25, 0.3) is 0 Å². The van der Waals surface area contributed by atoms with Gasteiger partial charge >= 0.3 is 0 Å². The van der Waals surface area contributed by atoms with Crippen LogP contribution in [0.1, 0.15) is 35.6 Å². The first-order chi connectivity index (χ1) is 14.8. The summed E-state index contributed by atoms with van der Waals surface area (Å²) in [7, 11) is 0. The molecule has 0 N–H and O–H groups in total. The van der Waals surface area contributed by atoms with Crippen molar-refractivity contribution >= 4 is 6.02 Å². The van der Waals surface area contributed by atoms with Gasteiger partial charge in [-0.3, -0.25) is 0 Å². The van der Waals surface area contributed by atoms with Crippen molar-refractivity contribution in [2.45, 2.75) is 31.4 Å². The zero-order valence-electron chi connectivity index (χ0n) is 17.2. The Morgan fingerprint density at radius 2 is 1.77 bits per heavy atom. The molecule has 0 spiro atoms. The largest absolute Gasteiger partial charge is 0.459 e. The average Bonchev–Trinajstić information content (AvgIpc) is 3.30. The third-order valence-corrected chi connectivity index (χ3v) is 7.56. The highest BCUT2D eigenvalue weighted by molar-refractivity contribution is 5.77. The van der Waals surface area contributed by atoms with E-state index < -0.39 is 0 Å². The van der Waals surface area contributed by atoms with Crippen LogP contribution >= 0.6 is 0 Å². The zero-order valence-corrected chi connectivity index (χ0v) is 17.2. The lowest BCUT2D eigenvalue weighted by Crippen LogP contribution is -2.52. The summed E-state index contributed by atoms with van der Waals surface area (Å²) in [6.07, 6.45) is 3.77. The highest BCUT2D eigenvalue weighted by atomic mass is 19.1. The molecule has 0 amide bonds. The Hall–Kier alpha value is -2.40. The Labute approximate surface area is 177 Å². The molecule has 30 heavy (non-hydrogen) atoms. The first-order valence-electron chi connectivity index (χ1n) is 11.3. The van der Waals surface area contributed by atoms with Crippen LogP contribution in [0, 0.1) is 17.7 Å². The molecule has 3 atom stereocenters. The number of benzene rings is 2. The fourth-order valence-electron chi connectivity index (χ4n) is 5.97. The molecule has 2 aromatic carbocycles. The maximum atomic E-state index is 13.6. The molecule has 3 saturated heterocycles. The molecule has 2 bridgehead atoms. The summed E-state index contributed by atoms with van der Waals surface area (Å²) in [6, 6.07) is 16.3. The van der Waals surface area contributed by atoms with Crippen LogP contribution in [0.15, 0.2) is 53.5 Å². The fraction of sp³-hybridized carbons (Fsp3) is 0.480. The van der Waals surface area contributed by atoms with Gasteiger partial charge in [-0.05, 0) is 67.1 Å². The van der Waals surface area contributed by atoms with Crippen LogP contribution in [-0.2, 0) is 11.2 Å². The number of piperidine rings is 3. The molecule has 5 heteroatoms. The lowest BCUT2D eigenvalue weighted by atomic mass is 9.76. The third kappa shape index (κ3) is 3.11. The van der Waals surface area contributed by atoms with Gasteiger partial charge in [0.1, 0.15) is 11.9 Å².